The Labute approximate surface area is 103 Å². The highest BCUT2D eigenvalue weighted by Crippen LogP contribution is 2.31. The number of carbonyl (C=O) groups is 1. The van der Waals surface area contributed by atoms with Crippen molar-refractivity contribution in [3.05, 3.63) is 23.8 Å². The first-order chi connectivity index (χ1) is 8.04. The first-order valence-corrected chi connectivity index (χ1v) is 6.10. The van der Waals surface area contributed by atoms with Crippen LogP contribution in [-0.2, 0) is 4.79 Å². The van der Waals surface area contributed by atoms with E-state index in [-0.39, 0.29) is 17.2 Å². The number of hydrogen-bond donors (Lipinski definition) is 2. The van der Waals surface area contributed by atoms with Crippen molar-refractivity contribution in [3.63, 3.8) is 0 Å². The van der Waals surface area contributed by atoms with Crippen LogP contribution >= 0.6 is 11.8 Å². The number of nitrogens with one attached hydrogen (secondary N) is 1. The van der Waals surface area contributed by atoms with Crippen molar-refractivity contribution in [3.8, 4) is 0 Å². The number of hydrogen-bond acceptors (Lipinski definition) is 3. The zero-order chi connectivity index (χ0) is 12.8. The highest BCUT2D eigenvalue weighted by molar-refractivity contribution is 8.00. The summed E-state index contributed by atoms with van der Waals surface area (Å²) >= 11 is 1.08. The molecule has 3 N–H and O–H groups in total. The Morgan fingerprint density at radius 1 is 1.53 bits per heavy atom. The third-order valence-corrected chi connectivity index (χ3v) is 3.09. The Balaban J connectivity index is 2.73. The SMILES string of the molecule is CCNC(=O)CSc1ccc(N)cc1C(F)F. The minimum Gasteiger partial charge on any atom is -0.399 e. The van der Waals surface area contributed by atoms with Gasteiger partial charge in [-0.3, -0.25) is 4.79 Å². The highest BCUT2D eigenvalue weighted by Gasteiger charge is 2.14. The number of anilines is 1. The monoisotopic (exact) mass is 260 g/mol. The molecule has 0 aromatic heterocycles. The van der Waals surface area contributed by atoms with Crippen LogP contribution in [0.2, 0.25) is 0 Å². The lowest BCUT2D eigenvalue weighted by Gasteiger charge is -2.09. The summed E-state index contributed by atoms with van der Waals surface area (Å²) in [5, 5.41) is 2.60. The minimum atomic E-state index is -2.59. The smallest absolute Gasteiger partial charge is 0.265 e. The first-order valence-electron chi connectivity index (χ1n) is 5.11. The van der Waals surface area contributed by atoms with Crippen molar-refractivity contribution in [2.45, 2.75) is 18.2 Å². The summed E-state index contributed by atoms with van der Waals surface area (Å²) in [4.78, 5) is 11.6. The van der Waals surface area contributed by atoms with Crippen molar-refractivity contribution in [2.75, 3.05) is 18.0 Å². The zero-order valence-corrected chi connectivity index (χ0v) is 10.2. The molecule has 0 spiro atoms. The number of rotatable bonds is 5. The Morgan fingerprint density at radius 2 is 2.24 bits per heavy atom. The molecule has 0 bridgehead atoms. The summed E-state index contributed by atoms with van der Waals surface area (Å²) in [5.41, 5.74) is 5.62. The molecule has 1 rings (SSSR count). The van der Waals surface area contributed by atoms with Crippen molar-refractivity contribution in [1.29, 1.82) is 0 Å². The van der Waals surface area contributed by atoms with Gasteiger partial charge in [-0.05, 0) is 25.1 Å². The van der Waals surface area contributed by atoms with Crippen LogP contribution in [0.3, 0.4) is 0 Å². The molecule has 3 nitrogen and oxygen atoms in total. The van der Waals surface area contributed by atoms with Gasteiger partial charge in [-0.2, -0.15) is 0 Å². The van der Waals surface area contributed by atoms with Gasteiger partial charge in [0.25, 0.3) is 6.43 Å². The maximum atomic E-state index is 12.7. The second-order valence-corrected chi connectivity index (χ2v) is 4.36. The van der Waals surface area contributed by atoms with Crippen molar-refractivity contribution >= 4 is 23.4 Å². The van der Waals surface area contributed by atoms with Crippen LogP contribution in [0.1, 0.15) is 18.9 Å². The average Bonchev–Trinajstić information content (AvgIpc) is 2.27. The average molecular weight is 260 g/mol. The van der Waals surface area contributed by atoms with Gasteiger partial charge >= 0.3 is 0 Å². The van der Waals surface area contributed by atoms with E-state index in [2.05, 4.69) is 5.32 Å². The van der Waals surface area contributed by atoms with E-state index in [1.165, 1.54) is 12.1 Å². The van der Waals surface area contributed by atoms with Crippen LogP contribution in [0, 0.1) is 0 Å². The van der Waals surface area contributed by atoms with Crippen LogP contribution in [-0.4, -0.2) is 18.2 Å². The number of nitrogens with two attached hydrogens (primary N) is 1. The molecule has 1 amide bonds. The summed E-state index contributed by atoms with van der Waals surface area (Å²) in [5.74, 6) is -0.0492. The van der Waals surface area contributed by atoms with Gasteiger partial charge in [0.15, 0.2) is 0 Å². The minimum absolute atomic E-state index is 0.122. The molecule has 0 fully saturated rings. The normalized spacial score (nSPS) is 10.6. The Kier molecular flexibility index (Phi) is 5.21. The summed E-state index contributed by atoms with van der Waals surface area (Å²) in [6.07, 6.45) is -2.59. The lowest BCUT2D eigenvalue weighted by molar-refractivity contribution is -0.118. The van der Waals surface area contributed by atoms with E-state index >= 15 is 0 Å². The van der Waals surface area contributed by atoms with Crippen molar-refractivity contribution < 1.29 is 13.6 Å². The maximum absolute atomic E-state index is 12.7. The number of benzene rings is 1. The lowest BCUT2D eigenvalue weighted by Crippen LogP contribution is -2.24. The zero-order valence-electron chi connectivity index (χ0n) is 9.37. The lowest BCUT2D eigenvalue weighted by atomic mass is 10.2. The van der Waals surface area contributed by atoms with Gasteiger partial charge in [-0.25, -0.2) is 8.78 Å². The van der Waals surface area contributed by atoms with E-state index in [0.717, 1.165) is 11.8 Å². The molecule has 0 aliphatic heterocycles. The third-order valence-electron chi connectivity index (χ3n) is 2.00. The fraction of sp³-hybridized carbons (Fsp3) is 0.364. The quantitative estimate of drug-likeness (QED) is 0.631. The number of thioether (sulfide) groups is 1. The van der Waals surface area contributed by atoms with Gasteiger partial charge in [0.05, 0.1) is 5.75 Å². The molecule has 6 heteroatoms. The van der Waals surface area contributed by atoms with Crippen molar-refractivity contribution in [2.24, 2.45) is 0 Å². The standard InChI is InChI=1S/C11H14F2N2OS/c1-2-15-10(16)6-17-9-4-3-7(14)5-8(9)11(12)13/h3-5,11H,2,6,14H2,1H3,(H,15,16). The molecule has 0 aliphatic rings. The summed E-state index contributed by atoms with van der Waals surface area (Å²) in [6.45, 7) is 2.33. The Morgan fingerprint density at radius 3 is 2.82 bits per heavy atom. The molecule has 0 saturated carbocycles. The summed E-state index contributed by atoms with van der Waals surface area (Å²) in [7, 11) is 0. The maximum Gasteiger partial charge on any atom is 0.265 e. The van der Waals surface area contributed by atoms with Crippen LogP contribution in [0.4, 0.5) is 14.5 Å². The highest BCUT2D eigenvalue weighted by atomic mass is 32.2. The predicted octanol–water partition coefficient (Wildman–Crippen LogP) is 2.43. The molecule has 1 aromatic rings. The van der Waals surface area contributed by atoms with E-state index in [1.807, 2.05) is 0 Å². The van der Waals surface area contributed by atoms with Gasteiger partial charge in [0.1, 0.15) is 0 Å². The summed E-state index contributed by atoms with van der Waals surface area (Å²) < 4.78 is 25.4. The van der Waals surface area contributed by atoms with E-state index in [1.54, 1.807) is 13.0 Å². The largest absolute Gasteiger partial charge is 0.399 e. The Bertz CT molecular complexity index is 399. The van der Waals surface area contributed by atoms with Crippen molar-refractivity contribution in [1.82, 2.24) is 5.32 Å². The first kappa shape index (κ1) is 13.8. The molecule has 94 valence electrons. The van der Waals surface area contributed by atoms with E-state index < -0.39 is 6.43 Å². The third kappa shape index (κ3) is 4.22. The topological polar surface area (TPSA) is 55.1 Å². The number of alkyl halides is 2. The van der Waals surface area contributed by atoms with Gasteiger partial charge < -0.3 is 11.1 Å². The molecule has 0 heterocycles. The molecule has 0 saturated heterocycles. The number of nitrogen functional groups attached to an aromatic ring is 1. The predicted molar refractivity (Wildman–Crippen MR) is 65.2 cm³/mol. The van der Waals surface area contributed by atoms with Crippen LogP contribution in [0.25, 0.3) is 0 Å². The van der Waals surface area contributed by atoms with Gasteiger partial charge in [-0.1, -0.05) is 0 Å². The van der Waals surface area contributed by atoms with Gasteiger partial charge in [-0.15, -0.1) is 11.8 Å². The number of carbonyl (C=O) groups excluding carboxylic acids is 1. The number of amides is 1. The second-order valence-electron chi connectivity index (χ2n) is 3.34. The van der Waals surface area contributed by atoms with Gasteiger partial charge in [0, 0.05) is 22.7 Å². The fourth-order valence-electron chi connectivity index (χ4n) is 1.26. The molecule has 0 unspecified atom stereocenters. The van der Waals surface area contributed by atoms with E-state index in [9.17, 15) is 13.6 Å². The molecule has 0 radical (unpaired) electrons. The van der Waals surface area contributed by atoms with Crippen LogP contribution in [0.5, 0.6) is 0 Å². The van der Waals surface area contributed by atoms with Gasteiger partial charge in [0.2, 0.25) is 5.91 Å². The van der Waals surface area contributed by atoms with Crippen LogP contribution in [0.15, 0.2) is 23.1 Å². The molecular weight excluding hydrogens is 246 g/mol. The van der Waals surface area contributed by atoms with E-state index in [4.69, 9.17) is 5.73 Å². The molecule has 1 aromatic carbocycles. The number of halogens is 2. The molecule has 0 atom stereocenters. The molecule has 0 aliphatic carbocycles. The Hall–Kier alpha value is -1.30. The fourth-order valence-corrected chi connectivity index (χ4v) is 2.13. The molecular formula is C11H14F2N2OS. The van der Waals surface area contributed by atoms with E-state index in [0.29, 0.717) is 17.1 Å². The summed E-state index contributed by atoms with van der Waals surface area (Å²) in [6, 6.07) is 4.30. The van der Waals surface area contributed by atoms with Crippen LogP contribution < -0.4 is 11.1 Å². The second kappa shape index (κ2) is 6.44. The molecule has 17 heavy (non-hydrogen) atoms.